The molecule has 2 atom stereocenters. The lowest BCUT2D eigenvalue weighted by Gasteiger charge is -2.29. The van der Waals surface area contributed by atoms with Crippen LogP contribution in [0.15, 0.2) is 12.1 Å². The first-order valence-electron chi connectivity index (χ1n) is 6.58. The Morgan fingerprint density at radius 2 is 2.00 bits per heavy atom. The van der Waals surface area contributed by atoms with E-state index < -0.39 is 28.9 Å². The monoisotopic (exact) mass is 286 g/mol. The van der Waals surface area contributed by atoms with Crippen LogP contribution in [0, 0.1) is 23.4 Å². The zero-order chi connectivity index (χ0) is 14.9. The van der Waals surface area contributed by atoms with Crippen LogP contribution in [0.4, 0.5) is 13.2 Å². The van der Waals surface area contributed by atoms with Crippen LogP contribution in [0.25, 0.3) is 0 Å². The predicted octanol–water partition coefficient (Wildman–Crippen LogP) is 2.30. The topological polar surface area (TPSA) is 46.3 Å². The first-order valence-corrected chi connectivity index (χ1v) is 6.58. The second-order valence-corrected chi connectivity index (χ2v) is 5.13. The van der Waals surface area contributed by atoms with Gasteiger partial charge in [0.15, 0.2) is 17.5 Å². The SMILES string of the molecule is CN(C(=O)c1ccc(F)c(F)c1F)C1CCCC1CN. The molecular formula is C14H17F3N2O. The van der Waals surface area contributed by atoms with Crippen molar-refractivity contribution in [2.75, 3.05) is 13.6 Å². The Morgan fingerprint density at radius 3 is 2.65 bits per heavy atom. The van der Waals surface area contributed by atoms with Gasteiger partial charge in [0, 0.05) is 13.1 Å². The molecule has 2 rings (SSSR count). The van der Waals surface area contributed by atoms with Crippen LogP contribution in [0.1, 0.15) is 29.6 Å². The molecular weight excluding hydrogens is 269 g/mol. The van der Waals surface area contributed by atoms with Crippen molar-refractivity contribution in [3.05, 3.63) is 35.1 Å². The Kier molecular flexibility index (Phi) is 4.32. The summed E-state index contributed by atoms with van der Waals surface area (Å²) in [4.78, 5) is 13.6. The van der Waals surface area contributed by atoms with Crippen molar-refractivity contribution in [2.45, 2.75) is 25.3 Å². The first kappa shape index (κ1) is 14.8. The van der Waals surface area contributed by atoms with Crippen LogP contribution in [0.5, 0.6) is 0 Å². The molecule has 2 unspecified atom stereocenters. The van der Waals surface area contributed by atoms with Gasteiger partial charge in [0.25, 0.3) is 5.91 Å². The maximum absolute atomic E-state index is 13.7. The molecule has 1 fully saturated rings. The number of carbonyl (C=O) groups excluding carboxylic acids is 1. The molecule has 1 aliphatic rings. The Bertz CT molecular complexity index is 521. The molecule has 3 nitrogen and oxygen atoms in total. The Labute approximate surface area is 115 Å². The van der Waals surface area contributed by atoms with Gasteiger partial charge in [0.05, 0.1) is 5.56 Å². The van der Waals surface area contributed by atoms with E-state index in [1.54, 1.807) is 7.05 Å². The molecule has 0 spiro atoms. The average Bonchev–Trinajstić information content (AvgIpc) is 2.92. The lowest BCUT2D eigenvalue weighted by molar-refractivity contribution is 0.0693. The summed E-state index contributed by atoms with van der Waals surface area (Å²) >= 11 is 0. The molecule has 0 heterocycles. The summed E-state index contributed by atoms with van der Waals surface area (Å²) in [6, 6.07) is 1.65. The lowest BCUT2D eigenvalue weighted by Crippen LogP contribution is -2.41. The van der Waals surface area contributed by atoms with Gasteiger partial charge in [-0.15, -0.1) is 0 Å². The third-order valence-corrected chi connectivity index (χ3v) is 4.01. The smallest absolute Gasteiger partial charge is 0.256 e. The highest BCUT2D eigenvalue weighted by atomic mass is 19.2. The van der Waals surface area contributed by atoms with Crippen LogP contribution in [-0.2, 0) is 0 Å². The molecule has 0 bridgehead atoms. The van der Waals surface area contributed by atoms with Gasteiger partial charge >= 0.3 is 0 Å². The van der Waals surface area contributed by atoms with Gasteiger partial charge in [-0.2, -0.15) is 0 Å². The number of nitrogens with zero attached hydrogens (tertiary/aromatic N) is 1. The van der Waals surface area contributed by atoms with Gasteiger partial charge in [0.2, 0.25) is 0 Å². The van der Waals surface area contributed by atoms with Crippen LogP contribution < -0.4 is 5.73 Å². The normalized spacial score (nSPS) is 22.1. The first-order chi connectivity index (χ1) is 9.47. The van der Waals surface area contributed by atoms with Gasteiger partial charge in [0.1, 0.15) is 0 Å². The second kappa shape index (κ2) is 5.83. The molecule has 1 saturated carbocycles. The second-order valence-electron chi connectivity index (χ2n) is 5.13. The number of amides is 1. The summed E-state index contributed by atoms with van der Waals surface area (Å²) < 4.78 is 39.7. The van der Waals surface area contributed by atoms with E-state index in [4.69, 9.17) is 5.73 Å². The van der Waals surface area contributed by atoms with Crippen molar-refractivity contribution in [2.24, 2.45) is 11.7 Å². The minimum atomic E-state index is -1.62. The Hall–Kier alpha value is -1.56. The van der Waals surface area contributed by atoms with Crippen molar-refractivity contribution in [3.63, 3.8) is 0 Å². The summed E-state index contributed by atoms with van der Waals surface area (Å²) in [6.45, 7) is 0.447. The minimum absolute atomic E-state index is 0.0833. The number of hydrogen-bond donors (Lipinski definition) is 1. The summed E-state index contributed by atoms with van der Waals surface area (Å²) in [5.41, 5.74) is 5.20. The zero-order valence-electron chi connectivity index (χ0n) is 11.2. The van der Waals surface area contributed by atoms with Gasteiger partial charge in [-0.1, -0.05) is 6.42 Å². The molecule has 0 aliphatic heterocycles. The van der Waals surface area contributed by atoms with E-state index in [0.29, 0.717) is 6.54 Å². The number of halogens is 3. The van der Waals surface area contributed by atoms with Crippen LogP contribution in [0.2, 0.25) is 0 Å². The quantitative estimate of drug-likeness (QED) is 0.867. The van der Waals surface area contributed by atoms with E-state index in [0.717, 1.165) is 31.4 Å². The highest BCUT2D eigenvalue weighted by Crippen LogP contribution is 2.29. The molecule has 0 aromatic heterocycles. The molecule has 1 aromatic carbocycles. The molecule has 0 saturated heterocycles. The third kappa shape index (κ3) is 2.52. The summed E-state index contributed by atoms with van der Waals surface area (Å²) in [6.07, 6.45) is 2.65. The maximum Gasteiger partial charge on any atom is 0.256 e. The van der Waals surface area contributed by atoms with E-state index in [1.807, 2.05) is 0 Å². The summed E-state index contributed by atoms with van der Waals surface area (Å²) in [7, 11) is 1.54. The molecule has 6 heteroatoms. The fourth-order valence-electron chi connectivity index (χ4n) is 2.83. The highest BCUT2D eigenvalue weighted by molar-refractivity contribution is 5.94. The maximum atomic E-state index is 13.7. The van der Waals surface area contributed by atoms with E-state index in [2.05, 4.69) is 0 Å². The van der Waals surface area contributed by atoms with Crippen molar-refractivity contribution < 1.29 is 18.0 Å². The fourth-order valence-corrected chi connectivity index (χ4v) is 2.83. The van der Waals surface area contributed by atoms with Gasteiger partial charge in [-0.3, -0.25) is 4.79 Å². The molecule has 110 valence electrons. The van der Waals surface area contributed by atoms with Crippen molar-refractivity contribution in [1.29, 1.82) is 0 Å². The number of carbonyl (C=O) groups is 1. The van der Waals surface area contributed by atoms with Gasteiger partial charge in [-0.25, -0.2) is 13.2 Å². The van der Waals surface area contributed by atoms with Gasteiger partial charge in [-0.05, 0) is 37.4 Å². The van der Waals surface area contributed by atoms with E-state index in [-0.39, 0.29) is 12.0 Å². The predicted molar refractivity (Wildman–Crippen MR) is 68.6 cm³/mol. The average molecular weight is 286 g/mol. The minimum Gasteiger partial charge on any atom is -0.338 e. The summed E-state index contributed by atoms with van der Waals surface area (Å²) in [5.74, 6) is -4.85. The van der Waals surface area contributed by atoms with E-state index in [9.17, 15) is 18.0 Å². The number of hydrogen-bond acceptors (Lipinski definition) is 2. The van der Waals surface area contributed by atoms with E-state index >= 15 is 0 Å². The Morgan fingerprint density at radius 1 is 1.30 bits per heavy atom. The molecule has 20 heavy (non-hydrogen) atoms. The largest absolute Gasteiger partial charge is 0.338 e. The van der Waals surface area contributed by atoms with Crippen molar-refractivity contribution in [3.8, 4) is 0 Å². The fraction of sp³-hybridized carbons (Fsp3) is 0.500. The number of rotatable bonds is 3. The summed E-state index contributed by atoms with van der Waals surface area (Å²) in [5, 5.41) is 0. The van der Waals surface area contributed by atoms with Crippen LogP contribution in [0.3, 0.4) is 0 Å². The molecule has 1 aromatic rings. The highest BCUT2D eigenvalue weighted by Gasteiger charge is 2.33. The van der Waals surface area contributed by atoms with Crippen LogP contribution >= 0.6 is 0 Å². The van der Waals surface area contributed by atoms with Crippen molar-refractivity contribution >= 4 is 5.91 Å². The number of benzene rings is 1. The Balaban J connectivity index is 2.25. The molecule has 2 N–H and O–H groups in total. The van der Waals surface area contributed by atoms with Gasteiger partial charge < -0.3 is 10.6 Å². The van der Waals surface area contributed by atoms with Crippen molar-refractivity contribution in [1.82, 2.24) is 4.90 Å². The number of nitrogens with two attached hydrogens (primary N) is 1. The van der Waals surface area contributed by atoms with E-state index in [1.165, 1.54) is 4.90 Å². The molecule has 0 radical (unpaired) electrons. The zero-order valence-corrected chi connectivity index (χ0v) is 11.2. The molecule has 1 aliphatic carbocycles. The standard InChI is InChI=1S/C14H17F3N2O/c1-19(11-4-2-3-8(11)7-18)14(20)9-5-6-10(15)13(17)12(9)16/h5-6,8,11H,2-4,7,18H2,1H3. The lowest BCUT2D eigenvalue weighted by atomic mass is 10.0. The molecule has 1 amide bonds. The van der Waals surface area contributed by atoms with Crippen LogP contribution in [-0.4, -0.2) is 30.4 Å². The third-order valence-electron chi connectivity index (χ3n) is 4.01.